The molecule has 0 aliphatic carbocycles. The number of benzene rings is 2. The van der Waals surface area contributed by atoms with Crippen LogP contribution in [-0.2, 0) is 0 Å². The van der Waals surface area contributed by atoms with E-state index in [-0.39, 0.29) is 22.4 Å². The summed E-state index contributed by atoms with van der Waals surface area (Å²) in [6.07, 6.45) is 0.474. The molecule has 2 aromatic carbocycles. The smallest absolute Gasteiger partial charge is 0.277 e. The number of hydrogen-bond acceptors (Lipinski definition) is 3. The maximum absolute atomic E-state index is 13.1. The first-order valence-electron chi connectivity index (χ1n) is 5.22. The minimum absolute atomic E-state index is 0.120. The van der Waals surface area contributed by atoms with E-state index in [1.807, 2.05) is 0 Å². The van der Waals surface area contributed by atoms with E-state index in [1.54, 1.807) is 0 Å². The van der Waals surface area contributed by atoms with Gasteiger partial charge in [-0.1, -0.05) is 12.1 Å². The molecule has 4 nitrogen and oxygen atoms in total. The van der Waals surface area contributed by atoms with Gasteiger partial charge in [-0.15, -0.1) is 0 Å². The molecule has 0 fully saturated rings. The van der Waals surface area contributed by atoms with Gasteiger partial charge in [0.15, 0.2) is 11.6 Å². The quantitative estimate of drug-likeness (QED) is 0.484. The van der Waals surface area contributed by atoms with Crippen molar-refractivity contribution in [2.45, 2.75) is 0 Å². The number of nitrogens with zero attached hydrogens (tertiary/aromatic N) is 1. The second-order valence-corrected chi connectivity index (χ2v) is 3.78. The fourth-order valence-corrected chi connectivity index (χ4v) is 1.68. The molecular weight excluding hydrogens is 256 g/mol. The van der Waals surface area contributed by atoms with Crippen molar-refractivity contribution in [2.24, 2.45) is 0 Å². The van der Waals surface area contributed by atoms with Crippen molar-refractivity contribution in [1.29, 1.82) is 0 Å². The van der Waals surface area contributed by atoms with Crippen LogP contribution in [0.3, 0.4) is 0 Å². The highest BCUT2D eigenvalue weighted by Crippen LogP contribution is 2.31. The summed E-state index contributed by atoms with van der Waals surface area (Å²) in [4.78, 5) is 20.9. The van der Waals surface area contributed by atoms with E-state index >= 15 is 0 Å². The lowest BCUT2D eigenvalue weighted by Crippen LogP contribution is -1.95. The maximum atomic E-state index is 13.1. The number of halogens is 2. The summed E-state index contributed by atoms with van der Waals surface area (Å²) in [7, 11) is 0. The fraction of sp³-hybridized carbons (Fsp3) is 0. The molecule has 0 saturated heterocycles. The van der Waals surface area contributed by atoms with E-state index in [1.165, 1.54) is 18.2 Å². The lowest BCUT2D eigenvalue weighted by Gasteiger charge is -2.04. The van der Waals surface area contributed by atoms with Crippen molar-refractivity contribution in [3.8, 4) is 11.1 Å². The van der Waals surface area contributed by atoms with E-state index < -0.39 is 16.6 Å². The van der Waals surface area contributed by atoms with Gasteiger partial charge in [0.2, 0.25) is 0 Å². The summed E-state index contributed by atoms with van der Waals surface area (Å²) in [6, 6.07) is 6.79. The van der Waals surface area contributed by atoms with Crippen molar-refractivity contribution < 1.29 is 18.5 Å². The SMILES string of the molecule is O=Cc1ccc(-c2ccc(F)c(F)c2)c([N+](=O)[O-])c1. The van der Waals surface area contributed by atoms with Crippen molar-refractivity contribution in [3.05, 3.63) is 63.7 Å². The number of nitro benzene ring substituents is 1. The molecule has 0 heterocycles. The standard InChI is InChI=1S/C13H7F2NO3/c14-11-4-2-9(6-12(11)15)10-3-1-8(7-17)5-13(10)16(18)19/h1-7H. The predicted molar refractivity (Wildman–Crippen MR) is 63.8 cm³/mol. The molecule has 0 unspecified atom stereocenters. The fourth-order valence-electron chi connectivity index (χ4n) is 1.68. The molecule has 0 aliphatic heterocycles. The zero-order chi connectivity index (χ0) is 14.0. The molecule has 0 aromatic heterocycles. The highest BCUT2D eigenvalue weighted by atomic mass is 19.2. The second-order valence-electron chi connectivity index (χ2n) is 3.78. The third-order valence-corrected chi connectivity index (χ3v) is 2.59. The molecule has 2 aromatic rings. The number of rotatable bonds is 3. The Morgan fingerprint density at radius 1 is 1.05 bits per heavy atom. The first-order valence-corrected chi connectivity index (χ1v) is 5.22. The Hall–Kier alpha value is -2.63. The lowest BCUT2D eigenvalue weighted by atomic mass is 10.0. The van der Waals surface area contributed by atoms with Crippen LogP contribution < -0.4 is 0 Å². The van der Waals surface area contributed by atoms with Gasteiger partial charge in [-0.25, -0.2) is 8.78 Å². The zero-order valence-corrected chi connectivity index (χ0v) is 9.47. The summed E-state index contributed by atoms with van der Waals surface area (Å²) >= 11 is 0. The first-order chi connectivity index (χ1) is 9.02. The van der Waals surface area contributed by atoms with E-state index in [4.69, 9.17) is 0 Å². The van der Waals surface area contributed by atoms with Crippen LogP contribution in [0.25, 0.3) is 11.1 Å². The molecule has 2 rings (SSSR count). The van der Waals surface area contributed by atoms with Crippen LogP contribution >= 0.6 is 0 Å². The second kappa shape index (κ2) is 4.93. The Bertz CT molecular complexity index is 671. The normalized spacial score (nSPS) is 10.2. The summed E-state index contributed by atoms with van der Waals surface area (Å²) in [5.74, 6) is -2.12. The van der Waals surface area contributed by atoms with Gasteiger partial charge in [-0.2, -0.15) is 0 Å². The van der Waals surface area contributed by atoms with Gasteiger partial charge < -0.3 is 0 Å². The van der Waals surface area contributed by atoms with Crippen LogP contribution in [0, 0.1) is 21.7 Å². The Balaban J connectivity index is 2.63. The predicted octanol–water partition coefficient (Wildman–Crippen LogP) is 3.35. The lowest BCUT2D eigenvalue weighted by molar-refractivity contribution is -0.384. The summed E-state index contributed by atoms with van der Waals surface area (Å²) in [5.41, 5.74) is 0.0891. The van der Waals surface area contributed by atoms with Gasteiger partial charge >= 0.3 is 0 Å². The number of hydrogen-bond donors (Lipinski definition) is 0. The Morgan fingerprint density at radius 3 is 2.37 bits per heavy atom. The number of aldehydes is 1. The molecule has 0 saturated carbocycles. The topological polar surface area (TPSA) is 60.2 Å². The van der Waals surface area contributed by atoms with Crippen LogP contribution in [-0.4, -0.2) is 11.2 Å². The van der Waals surface area contributed by atoms with E-state index in [2.05, 4.69) is 0 Å². The largest absolute Gasteiger partial charge is 0.298 e. The first kappa shape index (κ1) is 12.8. The average Bonchev–Trinajstić information content (AvgIpc) is 2.41. The van der Waals surface area contributed by atoms with Crippen LogP contribution in [0.1, 0.15) is 10.4 Å². The van der Waals surface area contributed by atoms with Gasteiger partial charge in [-0.3, -0.25) is 14.9 Å². The molecule has 0 N–H and O–H groups in total. The highest BCUT2D eigenvalue weighted by Gasteiger charge is 2.17. The van der Waals surface area contributed by atoms with E-state index in [0.29, 0.717) is 6.29 Å². The summed E-state index contributed by atoms with van der Waals surface area (Å²) in [6.45, 7) is 0. The number of nitro groups is 1. The van der Waals surface area contributed by atoms with Crippen molar-refractivity contribution in [3.63, 3.8) is 0 Å². The van der Waals surface area contributed by atoms with Gasteiger partial charge in [0.1, 0.15) is 6.29 Å². The number of carbonyl (C=O) groups is 1. The molecule has 0 atom stereocenters. The van der Waals surface area contributed by atoms with Crippen molar-refractivity contribution in [1.82, 2.24) is 0 Å². The summed E-state index contributed by atoms with van der Waals surface area (Å²) in [5, 5.41) is 10.9. The molecule has 0 radical (unpaired) electrons. The number of carbonyl (C=O) groups excluding carboxylic acids is 1. The van der Waals surface area contributed by atoms with Gasteiger partial charge in [-0.05, 0) is 23.8 Å². The molecule has 0 amide bonds. The van der Waals surface area contributed by atoms with E-state index in [0.717, 1.165) is 18.2 Å². The molecule has 96 valence electrons. The molecule has 0 bridgehead atoms. The van der Waals surface area contributed by atoms with Gasteiger partial charge in [0.05, 0.1) is 10.5 Å². The molecule has 0 aliphatic rings. The average molecular weight is 263 g/mol. The molecule has 0 spiro atoms. The Labute approximate surface area is 106 Å². The monoisotopic (exact) mass is 263 g/mol. The van der Waals surface area contributed by atoms with Gasteiger partial charge in [0.25, 0.3) is 5.69 Å². The van der Waals surface area contributed by atoms with Crippen LogP contribution in [0.5, 0.6) is 0 Å². The van der Waals surface area contributed by atoms with Crippen molar-refractivity contribution >= 4 is 12.0 Å². The Kier molecular flexibility index (Phi) is 3.33. The van der Waals surface area contributed by atoms with Crippen LogP contribution in [0.2, 0.25) is 0 Å². The van der Waals surface area contributed by atoms with Crippen LogP contribution in [0.4, 0.5) is 14.5 Å². The minimum Gasteiger partial charge on any atom is -0.298 e. The highest BCUT2D eigenvalue weighted by molar-refractivity contribution is 5.82. The minimum atomic E-state index is -1.09. The van der Waals surface area contributed by atoms with Crippen LogP contribution in [0.15, 0.2) is 36.4 Å². The summed E-state index contributed by atoms with van der Waals surface area (Å²) < 4.78 is 26.0. The maximum Gasteiger partial charge on any atom is 0.277 e. The van der Waals surface area contributed by atoms with Gasteiger partial charge in [0, 0.05) is 11.6 Å². The third-order valence-electron chi connectivity index (χ3n) is 2.59. The van der Waals surface area contributed by atoms with Crippen molar-refractivity contribution in [2.75, 3.05) is 0 Å². The zero-order valence-electron chi connectivity index (χ0n) is 9.47. The molecular formula is C13H7F2NO3. The van der Waals surface area contributed by atoms with E-state index in [9.17, 15) is 23.7 Å². The molecule has 19 heavy (non-hydrogen) atoms. The molecule has 6 heteroatoms. The Morgan fingerprint density at radius 2 is 1.79 bits per heavy atom. The third kappa shape index (κ3) is 2.47.